The van der Waals surface area contributed by atoms with Crippen LogP contribution in [0.3, 0.4) is 0 Å². The van der Waals surface area contributed by atoms with E-state index in [9.17, 15) is 18.4 Å². The molecule has 1 unspecified atom stereocenters. The zero-order chi connectivity index (χ0) is 24.5. The van der Waals surface area contributed by atoms with Crippen LogP contribution < -0.4 is 5.73 Å². The SMILES string of the molecule is Cc1ccc(C=Cc2ccc3nc(CC(=O)N4CC(F)(F)CC4C#N)cc(C(N)=O)c3c2)cn1. The van der Waals surface area contributed by atoms with E-state index in [1.54, 1.807) is 30.5 Å². The Morgan fingerprint density at radius 3 is 2.65 bits per heavy atom. The number of nitrogens with zero attached hydrogens (tertiary/aromatic N) is 4. The average molecular weight is 461 g/mol. The summed E-state index contributed by atoms with van der Waals surface area (Å²) in [7, 11) is 0. The van der Waals surface area contributed by atoms with Crippen LogP contribution >= 0.6 is 0 Å². The molecule has 0 radical (unpaired) electrons. The van der Waals surface area contributed by atoms with Crippen molar-refractivity contribution in [3.8, 4) is 6.07 Å². The Morgan fingerprint density at radius 1 is 1.24 bits per heavy atom. The van der Waals surface area contributed by atoms with E-state index in [2.05, 4.69) is 9.97 Å². The first-order valence-corrected chi connectivity index (χ1v) is 10.6. The van der Waals surface area contributed by atoms with Crippen LogP contribution in [-0.2, 0) is 11.2 Å². The van der Waals surface area contributed by atoms with Crippen molar-refractivity contribution in [2.24, 2.45) is 5.73 Å². The van der Waals surface area contributed by atoms with E-state index in [0.717, 1.165) is 21.7 Å². The highest BCUT2D eigenvalue weighted by molar-refractivity contribution is 6.06. The van der Waals surface area contributed by atoms with E-state index in [1.807, 2.05) is 31.2 Å². The molecule has 1 aliphatic rings. The summed E-state index contributed by atoms with van der Waals surface area (Å²) in [5, 5.41) is 9.64. The first-order valence-electron chi connectivity index (χ1n) is 10.6. The van der Waals surface area contributed by atoms with Crippen molar-refractivity contribution in [2.75, 3.05) is 6.54 Å². The molecule has 34 heavy (non-hydrogen) atoms. The first-order chi connectivity index (χ1) is 16.1. The highest BCUT2D eigenvalue weighted by Gasteiger charge is 2.47. The van der Waals surface area contributed by atoms with Gasteiger partial charge < -0.3 is 10.6 Å². The molecule has 1 aromatic carbocycles. The third kappa shape index (κ3) is 4.91. The number of carbonyl (C=O) groups is 2. The molecule has 2 N–H and O–H groups in total. The van der Waals surface area contributed by atoms with Crippen molar-refractivity contribution in [3.63, 3.8) is 0 Å². The second kappa shape index (κ2) is 8.98. The number of carbonyl (C=O) groups excluding carboxylic acids is 2. The molecule has 0 bridgehead atoms. The molecule has 4 rings (SSSR count). The fraction of sp³-hybridized carbons (Fsp3) is 0.240. The van der Waals surface area contributed by atoms with Crippen molar-refractivity contribution in [1.29, 1.82) is 5.26 Å². The van der Waals surface area contributed by atoms with E-state index in [4.69, 9.17) is 11.0 Å². The normalized spacial score (nSPS) is 17.2. The number of primary amides is 1. The number of benzene rings is 1. The lowest BCUT2D eigenvalue weighted by atomic mass is 10.0. The van der Waals surface area contributed by atoms with Crippen LogP contribution in [0.4, 0.5) is 8.78 Å². The molecule has 172 valence electrons. The van der Waals surface area contributed by atoms with Crippen molar-refractivity contribution in [2.45, 2.75) is 31.7 Å². The van der Waals surface area contributed by atoms with Gasteiger partial charge in [-0.3, -0.25) is 19.6 Å². The number of hydrogen-bond acceptors (Lipinski definition) is 5. The zero-order valence-corrected chi connectivity index (χ0v) is 18.3. The van der Waals surface area contributed by atoms with Crippen LogP contribution in [0.15, 0.2) is 42.6 Å². The summed E-state index contributed by atoms with van der Waals surface area (Å²) in [4.78, 5) is 34.3. The minimum Gasteiger partial charge on any atom is -0.366 e. The summed E-state index contributed by atoms with van der Waals surface area (Å²) in [6.07, 6.45) is 4.48. The Hall–Kier alpha value is -4.19. The molecule has 0 aliphatic carbocycles. The number of hydrogen-bond donors (Lipinski definition) is 1. The van der Waals surface area contributed by atoms with E-state index in [0.29, 0.717) is 10.9 Å². The maximum atomic E-state index is 13.7. The van der Waals surface area contributed by atoms with E-state index in [-0.39, 0.29) is 17.7 Å². The molecule has 1 atom stereocenters. The van der Waals surface area contributed by atoms with Gasteiger partial charge in [-0.2, -0.15) is 5.26 Å². The Balaban J connectivity index is 1.62. The number of fused-ring (bicyclic) bond motifs is 1. The quantitative estimate of drug-likeness (QED) is 0.625. The highest BCUT2D eigenvalue weighted by Crippen LogP contribution is 2.32. The molecular formula is C25H21F2N5O2. The molecule has 1 fully saturated rings. The van der Waals surface area contributed by atoms with Crippen LogP contribution in [0.25, 0.3) is 23.1 Å². The monoisotopic (exact) mass is 461 g/mol. The standard InChI is InChI=1S/C25H21F2N5O2/c1-15-2-3-17(13-30-15)5-4-16-6-7-22-20(8-16)21(24(29)34)9-18(31-22)10-23(33)32-14-25(26,27)11-19(32)12-28/h2-9,13,19H,10-11,14H2,1H3,(H2,29,34). The van der Waals surface area contributed by atoms with Crippen molar-refractivity contribution in [1.82, 2.24) is 14.9 Å². The summed E-state index contributed by atoms with van der Waals surface area (Å²) in [5.41, 5.74) is 9.04. The van der Waals surface area contributed by atoms with Crippen LogP contribution in [0.1, 0.15) is 39.3 Å². The maximum Gasteiger partial charge on any atom is 0.268 e. The van der Waals surface area contributed by atoms with Gasteiger partial charge in [0.1, 0.15) is 6.04 Å². The number of aryl methyl sites for hydroxylation is 1. The number of aromatic nitrogens is 2. The molecule has 0 spiro atoms. The van der Waals surface area contributed by atoms with Crippen molar-refractivity contribution < 1.29 is 18.4 Å². The molecule has 3 aromatic rings. The molecule has 1 aliphatic heterocycles. The first kappa shape index (κ1) is 23.0. The molecule has 9 heteroatoms. The number of halogens is 2. The maximum absolute atomic E-state index is 13.7. The van der Waals surface area contributed by atoms with Gasteiger partial charge >= 0.3 is 0 Å². The largest absolute Gasteiger partial charge is 0.366 e. The molecular weight excluding hydrogens is 440 g/mol. The molecule has 1 saturated heterocycles. The molecule has 3 heterocycles. The number of rotatable bonds is 5. The summed E-state index contributed by atoms with van der Waals surface area (Å²) < 4.78 is 27.4. The minimum atomic E-state index is -3.11. The smallest absolute Gasteiger partial charge is 0.268 e. The van der Waals surface area contributed by atoms with Crippen molar-refractivity contribution in [3.05, 3.63) is 70.7 Å². The van der Waals surface area contributed by atoms with Gasteiger partial charge in [0.2, 0.25) is 11.8 Å². The van der Waals surface area contributed by atoms with Crippen molar-refractivity contribution >= 4 is 34.9 Å². The van der Waals surface area contributed by atoms with Gasteiger partial charge in [0.05, 0.1) is 35.8 Å². The van der Waals surface area contributed by atoms with Gasteiger partial charge in [-0.25, -0.2) is 8.78 Å². The molecule has 2 aromatic heterocycles. The number of nitriles is 1. The second-order valence-electron chi connectivity index (χ2n) is 8.27. The highest BCUT2D eigenvalue weighted by atomic mass is 19.3. The summed E-state index contributed by atoms with van der Waals surface area (Å²) >= 11 is 0. The van der Waals surface area contributed by atoms with Crippen LogP contribution in [0.2, 0.25) is 0 Å². The lowest BCUT2D eigenvalue weighted by Crippen LogP contribution is -2.37. The Labute approximate surface area is 194 Å². The van der Waals surface area contributed by atoms with Gasteiger partial charge in [0, 0.05) is 23.7 Å². The Morgan fingerprint density at radius 2 is 1.97 bits per heavy atom. The zero-order valence-electron chi connectivity index (χ0n) is 18.3. The lowest BCUT2D eigenvalue weighted by molar-refractivity contribution is -0.131. The fourth-order valence-electron chi connectivity index (χ4n) is 3.92. The van der Waals surface area contributed by atoms with Gasteiger partial charge in [0.15, 0.2) is 0 Å². The third-order valence-corrected chi connectivity index (χ3v) is 5.63. The van der Waals surface area contributed by atoms with E-state index in [1.165, 1.54) is 6.07 Å². The average Bonchev–Trinajstić information content (AvgIpc) is 3.13. The number of pyridine rings is 2. The van der Waals surface area contributed by atoms with E-state index >= 15 is 0 Å². The van der Waals surface area contributed by atoms with E-state index < -0.39 is 36.7 Å². The predicted molar refractivity (Wildman–Crippen MR) is 123 cm³/mol. The van der Waals surface area contributed by atoms with Crippen LogP contribution in [-0.4, -0.2) is 45.2 Å². The predicted octanol–water partition coefficient (Wildman–Crippen LogP) is 3.51. The van der Waals surface area contributed by atoms with Crippen LogP contribution in [0, 0.1) is 18.3 Å². The minimum absolute atomic E-state index is 0.170. The van der Waals surface area contributed by atoms with Crippen LogP contribution in [0.5, 0.6) is 0 Å². The lowest BCUT2D eigenvalue weighted by Gasteiger charge is -2.19. The number of likely N-dealkylation sites (tertiary alicyclic amines) is 1. The van der Waals surface area contributed by atoms with Gasteiger partial charge in [-0.05, 0) is 42.3 Å². The Kier molecular flexibility index (Phi) is 6.07. The molecule has 7 nitrogen and oxygen atoms in total. The van der Waals surface area contributed by atoms with Gasteiger partial charge in [0.25, 0.3) is 5.92 Å². The number of nitrogens with two attached hydrogens (primary N) is 1. The Bertz CT molecular complexity index is 1350. The van der Waals surface area contributed by atoms with Gasteiger partial charge in [-0.15, -0.1) is 0 Å². The summed E-state index contributed by atoms with van der Waals surface area (Å²) in [6, 6.07) is 11.1. The molecule has 0 saturated carbocycles. The topological polar surface area (TPSA) is 113 Å². The third-order valence-electron chi connectivity index (χ3n) is 5.63. The second-order valence-corrected chi connectivity index (χ2v) is 8.27. The number of amides is 2. The number of alkyl halides is 2. The fourth-order valence-corrected chi connectivity index (χ4v) is 3.92. The molecule has 2 amide bonds. The van der Waals surface area contributed by atoms with Gasteiger partial charge in [-0.1, -0.05) is 24.3 Å². The summed E-state index contributed by atoms with van der Waals surface area (Å²) in [6.45, 7) is 1.09. The summed E-state index contributed by atoms with van der Waals surface area (Å²) in [5.74, 6) is -4.46.